The number of ketones is 1. The third-order valence-electron chi connectivity index (χ3n) is 5.51. The predicted molar refractivity (Wildman–Crippen MR) is 113 cm³/mol. The van der Waals surface area contributed by atoms with E-state index in [0.29, 0.717) is 39.0 Å². The smallest absolute Gasteiger partial charge is 0.336 e. The van der Waals surface area contributed by atoms with Crippen molar-refractivity contribution in [2.45, 2.75) is 33.1 Å². The molecule has 0 bridgehead atoms. The van der Waals surface area contributed by atoms with Crippen LogP contribution in [0.5, 0.6) is 0 Å². The molecule has 0 saturated carbocycles. The molecular formula is C22H23Cl2NO5. The number of hydrogen-bond acceptors (Lipinski definition) is 6. The van der Waals surface area contributed by atoms with E-state index in [2.05, 4.69) is 5.32 Å². The maximum Gasteiger partial charge on any atom is 0.336 e. The van der Waals surface area contributed by atoms with Crippen LogP contribution in [0.25, 0.3) is 0 Å². The van der Waals surface area contributed by atoms with Gasteiger partial charge in [0.1, 0.15) is 5.92 Å². The summed E-state index contributed by atoms with van der Waals surface area (Å²) in [6.45, 7) is 5.47. The van der Waals surface area contributed by atoms with Crippen LogP contribution in [0.1, 0.15) is 38.7 Å². The first-order chi connectivity index (χ1) is 14.2. The molecule has 3 atom stereocenters. The van der Waals surface area contributed by atoms with Gasteiger partial charge < -0.3 is 14.8 Å². The van der Waals surface area contributed by atoms with Crippen molar-refractivity contribution in [2.24, 2.45) is 11.8 Å². The van der Waals surface area contributed by atoms with E-state index in [0.717, 1.165) is 0 Å². The molecule has 2 aliphatic rings. The van der Waals surface area contributed by atoms with Gasteiger partial charge in [-0.3, -0.25) is 9.59 Å². The number of carbonyl (C=O) groups is 3. The van der Waals surface area contributed by atoms with Crippen molar-refractivity contribution < 1.29 is 23.9 Å². The number of methoxy groups -OCH3 is 1. The number of halogens is 2. The van der Waals surface area contributed by atoms with Crippen molar-refractivity contribution in [1.82, 2.24) is 5.32 Å². The number of nitrogens with one attached hydrogen (secondary N) is 1. The monoisotopic (exact) mass is 451 g/mol. The van der Waals surface area contributed by atoms with Gasteiger partial charge >= 0.3 is 11.9 Å². The van der Waals surface area contributed by atoms with E-state index in [1.807, 2.05) is 6.92 Å². The van der Waals surface area contributed by atoms with Crippen LogP contribution < -0.4 is 5.32 Å². The lowest BCUT2D eigenvalue weighted by atomic mass is 9.69. The Kier molecular flexibility index (Phi) is 6.58. The van der Waals surface area contributed by atoms with E-state index in [4.69, 9.17) is 32.7 Å². The molecule has 1 aliphatic carbocycles. The zero-order valence-corrected chi connectivity index (χ0v) is 18.7. The minimum atomic E-state index is -0.953. The number of carbonyl (C=O) groups excluding carboxylic acids is 3. The first-order valence-electron chi connectivity index (χ1n) is 9.66. The van der Waals surface area contributed by atoms with Crippen LogP contribution in [-0.2, 0) is 23.9 Å². The Hall–Kier alpha value is -2.31. The summed E-state index contributed by atoms with van der Waals surface area (Å²) in [5, 5.41) is 3.94. The van der Waals surface area contributed by atoms with Gasteiger partial charge in [0.25, 0.3) is 0 Å². The van der Waals surface area contributed by atoms with Crippen LogP contribution >= 0.6 is 23.2 Å². The molecule has 0 fully saturated rings. The van der Waals surface area contributed by atoms with Crippen molar-refractivity contribution in [1.29, 1.82) is 0 Å². The molecule has 1 N–H and O–H groups in total. The molecule has 0 radical (unpaired) electrons. The molecule has 1 aliphatic heterocycles. The number of Topliss-reactive ketones (excluding diaryl/α,β-unsaturated/α-hetero) is 1. The number of benzene rings is 1. The van der Waals surface area contributed by atoms with Crippen LogP contribution in [0.15, 0.2) is 40.7 Å². The van der Waals surface area contributed by atoms with Crippen molar-refractivity contribution in [3.63, 3.8) is 0 Å². The second-order valence-corrected chi connectivity index (χ2v) is 8.27. The highest BCUT2D eigenvalue weighted by atomic mass is 35.5. The maximum atomic E-state index is 13.5. The summed E-state index contributed by atoms with van der Waals surface area (Å²) in [5.41, 5.74) is 2.42. The van der Waals surface area contributed by atoms with Crippen molar-refractivity contribution >= 4 is 40.9 Å². The second kappa shape index (κ2) is 8.82. The van der Waals surface area contributed by atoms with E-state index in [-0.39, 0.29) is 23.9 Å². The quantitative estimate of drug-likeness (QED) is 0.546. The predicted octanol–water partition coefficient (Wildman–Crippen LogP) is 4.17. The molecule has 0 aromatic heterocycles. The molecule has 160 valence electrons. The van der Waals surface area contributed by atoms with Gasteiger partial charge in [-0.15, -0.1) is 0 Å². The number of dihydropyridines is 1. The van der Waals surface area contributed by atoms with E-state index in [1.165, 1.54) is 7.11 Å². The Morgan fingerprint density at radius 1 is 1.27 bits per heavy atom. The highest BCUT2D eigenvalue weighted by Gasteiger charge is 2.47. The van der Waals surface area contributed by atoms with Gasteiger partial charge in [-0.1, -0.05) is 36.2 Å². The third kappa shape index (κ3) is 3.86. The van der Waals surface area contributed by atoms with Gasteiger partial charge in [-0.05, 0) is 43.9 Å². The summed E-state index contributed by atoms with van der Waals surface area (Å²) in [4.78, 5) is 38.8. The molecular weight excluding hydrogens is 429 g/mol. The normalized spacial score (nSPS) is 23.7. The largest absolute Gasteiger partial charge is 0.468 e. The van der Waals surface area contributed by atoms with E-state index in [1.54, 1.807) is 32.0 Å². The minimum Gasteiger partial charge on any atom is -0.468 e. The molecule has 30 heavy (non-hydrogen) atoms. The number of hydrogen-bond donors (Lipinski definition) is 1. The lowest BCUT2D eigenvalue weighted by Crippen LogP contribution is -2.43. The van der Waals surface area contributed by atoms with Crippen LogP contribution in [-0.4, -0.2) is 31.4 Å². The average molecular weight is 452 g/mol. The molecule has 0 unspecified atom stereocenters. The molecule has 8 heteroatoms. The Morgan fingerprint density at radius 2 is 1.97 bits per heavy atom. The van der Waals surface area contributed by atoms with Gasteiger partial charge in [0.15, 0.2) is 5.78 Å². The minimum absolute atomic E-state index is 0.179. The number of esters is 2. The van der Waals surface area contributed by atoms with Crippen molar-refractivity contribution in [3.8, 4) is 0 Å². The standard InChI is InChI=1S/C22H23Cl2NO5/c1-5-30-22(28)17-11(3)25-15-8-10(2)16(21(27)29-4)20(26)19(15)18(17)13-7-6-12(23)9-14(13)24/h6-7,9-10,16,18,25H,5,8H2,1-4H3/t10-,16-,18-/m1/s1. The zero-order valence-electron chi connectivity index (χ0n) is 17.2. The number of ether oxygens (including phenoxy) is 2. The number of rotatable bonds is 4. The van der Waals surface area contributed by atoms with Crippen LogP contribution in [0, 0.1) is 11.8 Å². The Bertz CT molecular complexity index is 982. The Labute approximate surface area is 185 Å². The third-order valence-corrected chi connectivity index (χ3v) is 6.07. The van der Waals surface area contributed by atoms with Gasteiger partial charge in [0.2, 0.25) is 0 Å². The van der Waals surface area contributed by atoms with Crippen LogP contribution in [0.2, 0.25) is 10.0 Å². The van der Waals surface area contributed by atoms with Crippen LogP contribution in [0.3, 0.4) is 0 Å². The molecule has 1 heterocycles. The fourth-order valence-corrected chi connectivity index (χ4v) is 4.72. The van der Waals surface area contributed by atoms with Gasteiger partial charge in [-0.25, -0.2) is 4.79 Å². The Morgan fingerprint density at radius 3 is 2.57 bits per heavy atom. The molecule has 6 nitrogen and oxygen atoms in total. The lowest BCUT2D eigenvalue weighted by molar-refractivity contribution is -0.151. The van der Waals surface area contributed by atoms with Crippen LogP contribution in [0.4, 0.5) is 0 Å². The van der Waals surface area contributed by atoms with E-state index >= 15 is 0 Å². The summed E-state index contributed by atoms with van der Waals surface area (Å²) < 4.78 is 10.1. The summed E-state index contributed by atoms with van der Waals surface area (Å²) in [5.74, 6) is -3.51. The molecule has 1 aromatic rings. The lowest BCUT2D eigenvalue weighted by Gasteiger charge is -2.38. The first kappa shape index (κ1) is 22.4. The molecule has 1 aromatic carbocycles. The highest BCUT2D eigenvalue weighted by molar-refractivity contribution is 6.35. The SMILES string of the molecule is CCOC(=O)C1=C(C)NC2=C(C(=O)[C@H](C(=O)OC)[C@H](C)C2)[C@@H]1c1ccc(Cl)cc1Cl. The average Bonchev–Trinajstić information content (AvgIpc) is 2.66. The number of allylic oxidation sites excluding steroid dienone is 3. The summed E-state index contributed by atoms with van der Waals surface area (Å²) in [6.07, 6.45) is 0.454. The fraction of sp³-hybridized carbons (Fsp3) is 0.409. The maximum absolute atomic E-state index is 13.5. The topological polar surface area (TPSA) is 81.7 Å². The second-order valence-electron chi connectivity index (χ2n) is 7.42. The molecule has 0 spiro atoms. The summed E-state index contributed by atoms with van der Waals surface area (Å²) in [6, 6.07) is 4.90. The summed E-state index contributed by atoms with van der Waals surface area (Å²) >= 11 is 12.5. The molecule has 0 amide bonds. The van der Waals surface area contributed by atoms with E-state index in [9.17, 15) is 14.4 Å². The Balaban J connectivity index is 2.23. The first-order valence-corrected chi connectivity index (χ1v) is 10.4. The van der Waals surface area contributed by atoms with Gasteiger partial charge in [-0.2, -0.15) is 0 Å². The van der Waals surface area contributed by atoms with Gasteiger partial charge in [0, 0.05) is 32.9 Å². The van der Waals surface area contributed by atoms with Crippen molar-refractivity contribution in [3.05, 3.63) is 56.3 Å². The zero-order chi connectivity index (χ0) is 22.2. The highest BCUT2D eigenvalue weighted by Crippen LogP contribution is 2.47. The summed E-state index contributed by atoms with van der Waals surface area (Å²) in [7, 11) is 1.26. The van der Waals surface area contributed by atoms with E-state index < -0.39 is 23.8 Å². The molecule has 0 saturated heterocycles. The fourth-order valence-electron chi connectivity index (χ4n) is 4.21. The van der Waals surface area contributed by atoms with Gasteiger partial charge in [0.05, 0.1) is 19.3 Å². The van der Waals surface area contributed by atoms with Crippen molar-refractivity contribution in [2.75, 3.05) is 13.7 Å². The molecule has 3 rings (SSSR count).